The highest BCUT2D eigenvalue weighted by Gasteiger charge is 2.31. The average Bonchev–Trinajstić information content (AvgIpc) is 3.25. The molecule has 1 aromatic heterocycles. The summed E-state index contributed by atoms with van der Waals surface area (Å²) in [6.07, 6.45) is 4.44. The first kappa shape index (κ1) is 36.4. The first-order valence-corrected chi connectivity index (χ1v) is 14.7. The number of halogens is 3. The second-order valence-corrected chi connectivity index (χ2v) is 9.80. The summed E-state index contributed by atoms with van der Waals surface area (Å²) in [5.41, 5.74) is 1.25. The van der Waals surface area contributed by atoms with E-state index in [0.717, 1.165) is 24.3 Å². The molecule has 0 fully saturated rings. The highest BCUT2D eigenvalue weighted by atomic mass is 19.4. The number of alkyl halides is 3. The number of carbonyl (C=O) groups excluding carboxylic acids is 4. The molecule has 0 bridgehead atoms. The Morgan fingerprint density at radius 1 is 0.875 bits per heavy atom. The fraction of sp³-hybridized carbons (Fsp3) is 0.176. The molecule has 0 aliphatic heterocycles. The predicted octanol–water partition coefficient (Wildman–Crippen LogP) is 6.03. The van der Waals surface area contributed by atoms with Crippen LogP contribution in [-0.4, -0.2) is 40.1 Å². The lowest BCUT2D eigenvalue weighted by Gasteiger charge is -2.12. The van der Waals surface area contributed by atoms with Crippen molar-refractivity contribution in [2.24, 2.45) is 0 Å². The molecule has 1 aliphatic carbocycles. The SMILES string of the molecule is C=CC(=O)NCC(=O)Nc1cccc(Nc2ncc(NC(=O)C3=CC(NC(=O)c4cccc(C(F)(F)F)c4)=CCC=C3C)cn2)c1.CC. The van der Waals surface area contributed by atoms with Gasteiger partial charge in [0.05, 0.1) is 30.2 Å². The average molecular weight is 662 g/mol. The molecule has 2 aromatic carbocycles. The van der Waals surface area contributed by atoms with Crippen LogP contribution >= 0.6 is 0 Å². The molecular formula is C34H34F3N7O4. The summed E-state index contributed by atoms with van der Waals surface area (Å²) in [5, 5.41) is 13.3. The summed E-state index contributed by atoms with van der Waals surface area (Å²) in [5.74, 6) is -1.98. The van der Waals surface area contributed by atoms with Crippen LogP contribution in [0.15, 0.2) is 109 Å². The number of rotatable bonds is 10. The topological polar surface area (TPSA) is 154 Å². The summed E-state index contributed by atoms with van der Waals surface area (Å²) in [6, 6.07) is 10.8. The minimum absolute atomic E-state index is 0.180. The van der Waals surface area contributed by atoms with E-state index >= 15 is 0 Å². The molecule has 0 saturated heterocycles. The van der Waals surface area contributed by atoms with Gasteiger partial charge in [-0.05, 0) is 67.5 Å². The van der Waals surface area contributed by atoms with Gasteiger partial charge < -0.3 is 26.6 Å². The Kier molecular flexibility index (Phi) is 12.9. The van der Waals surface area contributed by atoms with Gasteiger partial charge in [0.1, 0.15) is 0 Å². The summed E-state index contributed by atoms with van der Waals surface area (Å²) in [7, 11) is 0. The largest absolute Gasteiger partial charge is 0.416 e. The van der Waals surface area contributed by atoms with Gasteiger partial charge in [-0.25, -0.2) is 9.97 Å². The van der Waals surface area contributed by atoms with Crippen LogP contribution in [0.4, 0.5) is 36.2 Å². The first-order valence-electron chi connectivity index (χ1n) is 14.7. The maximum absolute atomic E-state index is 13.2. The molecule has 250 valence electrons. The van der Waals surface area contributed by atoms with E-state index in [4.69, 9.17) is 0 Å². The molecule has 3 aromatic rings. The normalized spacial score (nSPS) is 12.3. The van der Waals surface area contributed by atoms with Crippen molar-refractivity contribution in [2.75, 3.05) is 22.5 Å². The van der Waals surface area contributed by atoms with E-state index in [1.165, 1.54) is 24.5 Å². The third kappa shape index (κ3) is 10.8. The van der Waals surface area contributed by atoms with Gasteiger partial charge in [-0.15, -0.1) is 0 Å². The molecule has 1 heterocycles. The number of anilines is 4. The number of hydrogen-bond acceptors (Lipinski definition) is 7. The highest BCUT2D eigenvalue weighted by molar-refractivity contribution is 6.07. The van der Waals surface area contributed by atoms with Gasteiger partial charge in [-0.3, -0.25) is 19.2 Å². The number of nitrogens with zero attached hydrogens (tertiary/aromatic N) is 2. The fourth-order valence-corrected chi connectivity index (χ4v) is 4.08. The summed E-state index contributed by atoms with van der Waals surface area (Å²) >= 11 is 0. The van der Waals surface area contributed by atoms with E-state index in [9.17, 15) is 32.3 Å². The van der Waals surface area contributed by atoms with Crippen LogP contribution in [0.5, 0.6) is 0 Å². The second-order valence-electron chi connectivity index (χ2n) is 9.80. The fourth-order valence-electron chi connectivity index (χ4n) is 4.08. The summed E-state index contributed by atoms with van der Waals surface area (Å²) in [6.45, 7) is 8.81. The first-order chi connectivity index (χ1) is 22.9. The van der Waals surface area contributed by atoms with Crippen molar-refractivity contribution in [3.05, 3.63) is 120 Å². The standard InChI is InChI=1S/C32H28F3N7O4.C2H6/c1-3-27(43)36-18-28(44)39-22-11-6-12-23(14-22)42-31-37-16-25(17-38-31)41-30(46)26-15-24(10-4-7-19(26)2)40-29(45)20-8-5-9-21(13-20)32(33,34)35;1-2/h3,5-17H,1,4,18H2,2H3,(H,36,43)(H,39,44)(H,40,45)(H,41,46)(H,37,38,42);1-2H3. The van der Waals surface area contributed by atoms with E-state index < -0.39 is 35.4 Å². The zero-order valence-electron chi connectivity index (χ0n) is 26.4. The number of hydrogen-bond donors (Lipinski definition) is 5. The van der Waals surface area contributed by atoms with Crippen LogP contribution in [-0.2, 0) is 20.6 Å². The van der Waals surface area contributed by atoms with Crippen molar-refractivity contribution in [3.63, 3.8) is 0 Å². The van der Waals surface area contributed by atoms with Crippen molar-refractivity contribution in [3.8, 4) is 0 Å². The van der Waals surface area contributed by atoms with Crippen molar-refractivity contribution in [2.45, 2.75) is 33.4 Å². The maximum Gasteiger partial charge on any atom is 0.416 e. The molecule has 5 N–H and O–H groups in total. The van der Waals surface area contributed by atoms with E-state index in [1.807, 2.05) is 13.8 Å². The molecule has 48 heavy (non-hydrogen) atoms. The third-order valence-electron chi connectivity index (χ3n) is 6.36. The van der Waals surface area contributed by atoms with Gasteiger partial charge in [0, 0.05) is 28.2 Å². The van der Waals surface area contributed by atoms with Crippen LogP contribution in [0.2, 0.25) is 0 Å². The van der Waals surface area contributed by atoms with E-state index in [2.05, 4.69) is 43.1 Å². The molecule has 4 amide bonds. The van der Waals surface area contributed by atoms with Gasteiger partial charge in [0.2, 0.25) is 17.8 Å². The number of nitrogens with one attached hydrogen (secondary N) is 5. The molecule has 0 spiro atoms. The molecular weight excluding hydrogens is 627 g/mol. The molecule has 1 aliphatic rings. The van der Waals surface area contributed by atoms with Crippen LogP contribution in [0.1, 0.15) is 43.1 Å². The Hall–Kier alpha value is -6.05. The molecule has 0 saturated carbocycles. The summed E-state index contributed by atoms with van der Waals surface area (Å²) in [4.78, 5) is 57.6. The quantitative estimate of drug-likeness (QED) is 0.166. The van der Waals surface area contributed by atoms with Crippen molar-refractivity contribution >= 4 is 46.6 Å². The number of amides is 4. The third-order valence-corrected chi connectivity index (χ3v) is 6.36. The zero-order chi connectivity index (χ0) is 35.3. The van der Waals surface area contributed by atoms with E-state index in [1.54, 1.807) is 43.3 Å². The number of allylic oxidation sites excluding steroid dienone is 3. The molecule has 14 heteroatoms. The molecule has 0 unspecified atom stereocenters. The predicted molar refractivity (Wildman–Crippen MR) is 177 cm³/mol. The van der Waals surface area contributed by atoms with Crippen LogP contribution in [0.3, 0.4) is 0 Å². The van der Waals surface area contributed by atoms with Crippen molar-refractivity contribution in [1.82, 2.24) is 20.6 Å². The van der Waals surface area contributed by atoms with Crippen LogP contribution in [0.25, 0.3) is 0 Å². The Morgan fingerprint density at radius 2 is 1.56 bits per heavy atom. The monoisotopic (exact) mass is 661 g/mol. The van der Waals surface area contributed by atoms with Gasteiger partial charge in [0.15, 0.2) is 0 Å². The lowest BCUT2D eigenvalue weighted by molar-refractivity contribution is -0.137. The minimum atomic E-state index is -4.60. The second kappa shape index (κ2) is 17.0. The number of aromatic nitrogens is 2. The lowest BCUT2D eigenvalue weighted by atomic mass is 10.1. The van der Waals surface area contributed by atoms with E-state index in [-0.39, 0.29) is 35.0 Å². The molecule has 0 atom stereocenters. The summed E-state index contributed by atoms with van der Waals surface area (Å²) < 4.78 is 39.3. The van der Waals surface area contributed by atoms with Crippen LogP contribution < -0.4 is 26.6 Å². The Balaban J connectivity index is 0.00000307. The number of carbonyl (C=O) groups is 4. The van der Waals surface area contributed by atoms with E-state index in [0.29, 0.717) is 23.4 Å². The minimum Gasteiger partial charge on any atom is -0.343 e. The number of benzene rings is 2. The maximum atomic E-state index is 13.2. The van der Waals surface area contributed by atoms with Gasteiger partial charge in [0.25, 0.3) is 11.8 Å². The van der Waals surface area contributed by atoms with Gasteiger partial charge >= 0.3 is 6.18 Å². The molecule has 0 radical (unpaired) electrons. The van der Waals surface area contributed by atoms with Crippen molar-refractivity contribution in [1.29, 1.82) is 0 Å². The highest BCUT2D eigenvalue weighted by Crippen LogP contribution is 2.29. The van der Waals surface area contributed by atoms with Crippen molar-refractivity contribution < 1.29 is 32.3 Å². The lowest BCUT2D eigenvalue weighted by Crippen LogP contribution is -2.31. The Bertz CT molecular complexity index is 1760. The van der Waals surface area contributed by atoms with Gasteiger partial charge in [-0.1, -0.05) is 44.7 Å². The van der Waals surface area contributed by atoms with Gasteiger partial charge in [-0.2, -0.15) is 13.2 Å². The Morgan fingerprint density at radius 3 is 2.25 bits per heavy atom. The molecule has 11 nitrogen and oxygen atoms in total. The smallest absolute Gasteiger partial charge is 0.343 e. The zero-order valence-corrected chi connectivity index (χ0v) is 26.4. The van der Waals surface area contributed by atoms with Crippen LogP contribution in [0, 0.1) is 0 Å². The Labute approximate surface area is 275 Å². The molecule has 4 rings (SSSR count).